The Labute approximate surface area is 127 Å². The van der Waals surface area contributed by atoms with E-state index >= 15 is 0 Å². The van der Waals surface area contributed by atoms with Crippen molar-refractivity contribution in [2.24, 2.45) is 11.8 Å². The van der Waals surface area contributed by atoms with Gasteiger partial charge in [0.2, 0.25) is 0 Å². The monoisotopic (exact) mass is 282 g/mol. The molecular formula is C18H38N2. The highest BCUT2D eigenvalue weighted by molar-refractivity contribution is 4.79. The van der Waals surface area contributed by atoms with Crippen LogP contribution in [-0.4, -0.2) is 36.6 Å². The highest BCUT2D eigenvalue weighted by Crippen LogP contribution is 2.21. The van der Waals surface area contributed by atoms with Crippen molar-refractivity contribution in [1.82, 2.24) is 10.2 Å². The van der Waals surface area contributed by atoms with Crippen LogP contribution in [0.1, 0.15) is 73.1 Å². The Bertz CT molecular complexity index is 244. The van der Waals surface area contributed by atoms with Crippen molar-refractivity contribution >= 4 is 0 Å². The lowest BCUT2D eigenvalue weighted by atomic mass is 9.93. The van der Waals surface area contributed by atoms with Gasteiger partial charge >= 0.3 is 0 Å². The van der Waals surface area contributed by atoms with E-state index < -0.39 is 0 Å². The Morgan fingerprint density at radius 1 is 1.25 bits per heavy atom. The fourth-order valence-corrected chi connectivity index (χ4v) is 3.22. The molecule has 1 aliphatic heterocycles. The van der Waals surface area contributed by atoms with E-state index in [2.05, 4.69) is 44.8 Å². The molecule has 0 aromatic heterocycles. The molecule has 1 heterocycles. The first kappa shape index (κ1) is 18.0. The lowest BCUT2D eigenvalue weighted by Gasteiger charge is -2.36. The minimum absolute atomic E-state index is 0.259. The molecule has 2 heteroatoms. The maximum Gasteiger partial charge on any atom is 0.00966 e. The van der Waals surface area contributed by atoms with Crippen LogP contribution < -0.4 is 5.32 Å². The second kappa shape index (κ2) is 9.04. The number of hydrogen-bond acceptors (Lipinski definition) is 2. The number of nitrogens with one attached hydrogen (secondary N) is 1. The Hall–Kier alpha value is -0.0800. The zero-order valence-electron chi connectivity index (χ0n) is 14.7. The smallest absolute Gasteiger partial charge is 0.00966 e. The molecule has 0 amide bonds. The SMILES string of the molecule is CCCCC(CC)CN1CCCC(CNC(C)(C)C)C1. The van der Waals surface area contributed by atoms with Gasteiger partial charge in [-0.05, 0) is 65.0 Å². The number of piperidine rings is 1. The van der Waals surface area contributed by atoms with Crippen LogP contribution in [0.3, 0.4) is 0 Å². The molecule has 1 saturated heterocycles. The summed E-state index contributed by atoms with van der Waals surface area (Å²) < 4.78 is 0. The predicted molar refractivity (Wildman–Crippen MR) is 90.2 cm³/mol. The minimum atomic E-state index is 0.259. The third-order valence-electron chi connectivity index (χ3n) is 4.58. The fraction of sp³-hybridized carbons (Fsp3) is 1.00. The van der Waals surface area contributed by atoms with Gasteiger partial charge in [0.25, 0.3) is 0 Å². The van der Waals surface area contributed by atoms with E-state index in [0.29, 0.717) is 0 Å². The normalized spacial score (nSPS) is 22.9. The second-order valence-electron chi connectivity index (χ2n) is 7.82. The Morgan fingerprint density at radius 3 is 2.60 bits per heavy atom. The number of hydrogen-bond donors (Lipinski definition) is 1. The van der Waals surface area contributed by atoms with E-state index in [1.165, 1.54) is 64.7 Å². The van der Waals surface area contributed by atoms with Crippen LogP contribution in [-0.2, 0) is 0 Å². The number of rotatable bonds is 8. The molecule has 1 aliphatic rings. The lowest BCUT2D eigenvalue weighted by molar-refractivity contribution is 0.140. The van der Waals surface area contributed by atoms with E-state index in [4.69, 9.17) is 0 Å². The van der Waals surface area contributed by atoms with Crippen LogP contribution in [0.15, 0.2) is 0 Å². The molecule has 0 radical (unpaired) electrons. The van der Waals surface area contributed by atoms with Gasteiger partial charge in [0, 0.05) is 18.6 Å². The highest BCUT2D eigenvalue weighted by Gasteiger charge is 2.22. The topological polar surface area (TPSA) is 15.3 Å². The molecule has 2 unspecified atom stereocenters. The van der Waals surface area contributed by atoms with Crippen molar-refractivity contribution in [3.63, 3.8) is 0 Å². The van der Waals surface area contributed by atoms with Crippen LogP contribution in [0.5, 0.6) is 0 Å². The third kappa shape index (κ3) is 7.64. The molecule has 0 aliphatic carbocycles. The lowest BCUT2D eigenvalue weighted by Crippen LogP contribution is -2.45. The molecule has 0 spiro atoms. The first-order chi connectivity index (χ1) is 9.44. The Morgan fingerprint density at radius 2 is 2.00 bits per heavy atom. The molecule has 0 saturated carbocycles. The number of nitrogens with zero attached hydrogens (tertiary/aromatic N) is 1. The van der Waals surface area contributed by atoms with Gasteiger partial charge in [-0.15, -0.1) is 0 Å². The maximum atomic E-state index is 3.69. The average molecular weight is 283 g/mol. The summed E-state index contributed by atoms with van der Waals surface area (Å²) in [4.78, 5) is 2.74. The number of unbranched alkanes of at least 4 members (excludes halogenated alkanes) is 1. The molecule has 1 N–H and O–H groups in total. The van der Waals surface area contributed by atoms with Gasteiger partial charge in [-0.1, -0.05) is 33.1 Å². The first-order valence-corrected chi connectivity index (χ1v) is 8.92. The van der Waals surface area contributed by atoms with E-state index in [1.54, 1.807) is 0 Å². The molecule has 1 fully saturated rings. The van der Waals surface area contributed by atoms with Crippen molar-refractivity contribution < 1.29 is 0 Å². The fourth-order valence-electron chi connectivity index (χ4n) is 3.22. The van der Waals surface area contributed by atoms with Crippen molar-refractivity contribution in [3.8, 4) is 0 Å². The van der Waals surface area contributed by atoms with E-state index in [9.17, 15) is 0 Å². The van der Waals surface area contributed by atoms with Gasteiger partial charge in [0.15, 0.2) is 0 Å². The molecule has 1 rings (SSSR count). The Balaban J connectivity index is 2.32. The van der Waals surface area contributed by atoms with Gasteiger partial charge in [-0.3, -0.25) is 0 Å². The standard InChI is InChI=1S/C18H38N2/c1-6-8-10-16(7-2)14-20-12-9-11-17(15-20)13-19-18(3,4)5/h16-17,19H,6-15H2,1-5H3. The molecule has 0 aromatic rings. The number of likely N-dealkylation sites (tertiary alicyclic amines) is 1. The van der Waals surface area contributed by atoms with E-state index in [1.807, 2.05) is 0 Å². The van der Waals surface area contributed by atoms with Crippen LogP contribution in [0.25, 0.3) is 0 Å². The quantitative estimate of drug-likeness (QED) is 0.714. The zero-order valence-corrected chi connectivity index (χ0v) is 14.7. The molecule has 20 heavy (non-hydrogen) atoms. The Kier molecular flexibility index (Phi) is 8.13. The maximum absolute atomic E-state index is 3.69. The van der Waals surface area contributed by atoms with Crippen LogP contribution in [0, 0.1) is 11.8 Å². The van der Waals surface area contributed by atoms with Gasteiger partial charge in [0.05, 0.1) is 0 Å². The summed E-state index contributed by atoms with van der Waals surface area (Å²) in [6, 6.07) is 0. The molecule has 0 bridgehead atoms. The molecule has 2 nitrogen and oxygen atoms in total. The summed E-state index contributed by atoms with van der Waals surface area (Å²) in [6.07, 6.45) is 8.32. The van der Waals surface area contributed by atoms with Crippen molar-refractivity contribution in [3.05, 3.63) is 0 Å². The van der Waals surface area contributed by atoms with E-state index in [-0.39, 0.29) is 5.54 Å². The van der Waals surface area contributed by atoms with Crippen LogP contribution in [0.2, 0.25) is 0 Å². The molecule has 120 valence electrons. The van der Waals surface area contributed by atoms with E-state index in [0.717, 1.165) is 11.8 Å². The highest BCUT2D eigenvalue weighted by atomic mass is 15.1. The van der Waals surface area contributed by atoms with Gasteiger partial charge in [-0.2, -0.15) is 0 Å². The average Bonchev–Trinajstić information content (AvgIpc) is 2.41. The minimum Gasteiger partial charge on any atom is -0.312 e. The van der Waals surface area contributed by atoms with Gasteiger partial charge in [0.1, 0.15) is 0 Å². The summed E-state index contributed by atoms with van der Waals surface area (Å²) in [5, 5.41) is 3.69. The zero-order chi connectivity index (χ0) is 15.0. The third-order valence-corrected chi connectivity index (χ3v) is 4.58. The summed E-state index contributed by atoms with van der Waals surface area (Å²) >= 11 is 0. The summed E-state index contributed by atoms with van der Waals surface area (Å²) in [7, 11) is 0. The molecular weight excluding hydrogens is 244 g/mol. The van der Waals surface area contributed by atoms with Crippen molar-refractivity contribution in [2.75, 3.05) is 26.2 Å². The van der Waals surface area contributed by atoms with Gasteiger partial charge < -0.3 is 10.2 Å². The van der Waals surface area contributed by atoms with Gasteiger partial charge in [-0.25, -0.2) is 0 Å². The largest absolute Gasteiger partial charge is 0.312 e. The molecule has 2 atom stereocenters. The molecule has 0 aromatic carbocycles. The van der Waals surface area contributed by atoms with Crippen LogP contribution in [0.4, 0.5) is 0 Å². The second-order valence-corrected chi connectivity index (χ2v) is 7.82. The summed E-state index contributed by atoms with van der Waals surface area (Å²) in [5.74, 6) is 1.77. The van der Waals surface area contributed by atoms with Crippen LogP contribution >= 0.6 is 0 Å². The predicted octanol–water partition coefficient (Wildman–Crippen LogP) is 4.30. The van der Waals surface area contributed by atoms with Crippen molar-refractivity contribution in [2.45, 2.75) is 78.7 Å². The van der Waals surface area contributed by atoms with Crippen molar-refractivity contribution in [1.29, 1.82) is 0 Å². The summed E-state index contributed by atoms with van der Waals surface area (Å²) in [6.45, 7) is 16.6. The first-order valence-electron chi connectivity index (χ1n) is 8.92. The summed E-state index contributed by atoms with van der Waals surface area (Å²) in [5.41, 5.74) is 0.259.